The zero-order valence-corrected chi connectivity index (χ0v) is 14.4. The average Bonchev–Trinajstić information content (AvgIpc) is 3.35. The highest BCUT2D eigenvalue weighted by Gasteiger charge is 2.34. The molecule has 6 heteroatoms. The molecule has 1 aliphatic rings. The monoisotopic (exact) mass is 339 g/mol. The molecule has 0 aliphatic carbocycles. The molecule has 130 valence electrons. The second-order valence-corrected chi connectivity index (χ2v) is 6.43. The van der Waals surface area contributed by atoms with Gasteiger partial charge in [-0.1, -0.05) is 35.5 Å². The molecule has 0 radical (unpaired) electrons. The van der Waals surface area contributed by atoms with Crippen LogP contribution in [0.15, 0.2) is 39.3 Å². The SMILES string of the molecule is Cc1noc(C)c1CCc1nnc([C@H]2CCO[C@@H]2c2ccccc2)o1. The van der Waals surface area contributed by atoms with Crippen LogP contribution in [0.3, 0.4) is 0 Å². The van der Waals surface area contributed by atoms with Crippen molar-refractivity contribution in [3.63, 3.8) is 0 Å². The lowest BCUT2D eigenvalue weighted by Gasteiger charge is -2.15. The van der Waals surface area contributed by atoms with Crippen LogP contribution in [0.2, 0.25) is 0 Å². The van der Waals surface area contributed by atoms with Crippen LogP contribution < -0.4 is 0 Å². The van der Waals surface area contributed by atoms with Crippen molar-refractivity contribution in [1.29, 1.82) is 0 Å². The van der Waals surface area contributed by atoms with Crippen molar-refractivity contribution in [1.82, 2.24) is 15.4 Å². The Hall–Kier alpha value is -2.47. The highest BCUT2D eigenvalue weighted by molar-refractivity contribution is 5.23. The molecule has 0 unspecified atom stereocenters. The number of ether oxygens (including phenoxy) is 1. The van der Waals surface area contributed by atoms with Gasteiger partial charge in [-0.2, -0.15) is 0 Å². The Labute approximate surface area is 146 Å². The molecule has 3 aromatic rings. The lowest BCUT2D eigenvalue weighted by atomic mass is 9.95. The van der Waals surface area contributed by atoms with Crippen molar-refractivity contribution in [2.75, 3.05) is 6.61 Å². The predicted molar refractivity (Wildman–Crippen MR) is 90.2 cm³/mol. The standard InChI is InChI=1S/C19H21N3O3/c1-12-15(13(2)25-22-12)8-9-17-20-21-19(24-17)16-10-11-23-18(16)14-6-4-3-5-7-14/h3-7,16,18H,8-11H2,1-2H3/t16-,18+/m0/s1. The van der Waals surface area contributed by atoms with Crippen LogP contribution in [-0.4, -0.2) is 22.0 Å². The molecule has 1 aromatic carbocycles. The lowest BCUT2D eigenvalue weighted by molar-refractivity contribution is 0.0997. The number of nitrogens with zero attached hydrogens (tertiary/aromatic N) is 3. The third-order valence-corrected chi connectivity index (χ3v) is 4.79. The van der Waals surface area contributed by atoms with Gasteiger partial charge in [0, 0.05) is 18.6 Å². The summed E-state index contributed by atoms with van der Waals surface area (Å²) in [5, 5.41) is 12.5. The van der Waals surface area contributed by atoms with Crippen LogP contribution in [0.4, 0.5) is 0 Å². The minimum atomic E-state index is -0.0166. The van der Waals surface area contributed by atoms with Crippen LogP contribution in [0, 0.1) is 13.8 Å². The van der Waals surface area contributed by atoms with E-state index in [0.717, 1.165) is 35.4 Å². The first kappa shape index (κ1) is 16.0. The van der Waals surface area contributed by atoms with Crippen LogP contribution in [0.5, 0.6) is 0 Å². The van der Waals surface area contributed by atoms with Gasteiger partial charge in [-0.15, -0.1) is 10.2 Å². The van der Waals surface area contributed by atoms with Crippen LogP contribution in [0.25, 0.3) is 0 Å². The molecule has 2 atom stereocenters. The summed E-state index contributed by atoms with van der Waals surface area (Å²) in [7, 11) is 0. The minimum Gasteiger partial charge on any atom is -0.425 e. The fraction of sp³-hybridized carbons (Fsp3) is 0.421. The first-order valence-electron chi connectivity index (χ1n) is 8.63. The molecule has 0 N–H and O–H groups in total. The van der Waals surface area contributed by atoms with Gasteiger partial charge in [0.1, 0.15) is 5.76 Å². The van der Waals surface area contributed by atoms with Crippen molar-refractivity contribution < 1.29 is 13.7 Å². The van der Waals surface area contributed by atoms with Gasteiger partial charge >= 0.3 is 0 Å². The molecule has 25 heavy (non-hydrogen) atoms. The largest absolute Gasteiger partial charge is 0.425 e. The maximum atomic E-state index is 5.94. The molecule has 1 aliphatic heterocycles. The molecule has 2 aromatic heterocycles. The molecule has 3 heterocycles. The molecule has 0 amide bonds. The van der Waals surface area contributed by atoms with Gasteiger partial charge in [-0.25, -0.2) is 0 Å². The minimum absolute atomic E-state index is 0.0166. The Bertz CT molecular complexity index is 821. The molecule has 0 saturated carbocycles. The van der Waals surface area contributed by atoms with E-state index in [1.165, 1.54) is 0 Å². The Morgan fingerprint density at radius 2 is 1.92 bits per heavy atom. The summed E-state index contributed by atoms with van der Waals surface area (Å²) in [5.41, 5.74) is 3.19. The molecule has 0 bridgehead atoms. The van der Waals surface area contributed by atoms with Crippen molar-refractivity contribution in [2.24, 2.45) is 0 Å². The fourth-order valence-corrected chi connectivity index (χ4v) is 3.42. The van der Waals surface area contributed by atoms with Crippen LogP contribution in [-0.2, 0) is 17.6 Å². The quantitative estimate of drug-likeness (QED) is 0.705. The van der Waals surface area contributed by atoms with Gasteiger partial charge in [0.15, 0.2) is 0 Å². The number of hydrogen-bond donors (Lipinski definition) is 0. The average molecular weight is 339 g/mol. The van der Waals surface area contributed by atoms with Gasteiger partial charge in [-0.05, 0) is 32.3 Å². The lowest BCUT2D eigenvalue weighted by Crippen LogP contribution is -2.06. The number of benzene rings is 1. The van der Waals surface area contributed by atoms with Gasteiger partial charge < -0.3 is 13.7 Å². The summed E-state index contributed by atoms with van der Waals surface area (Å²) < 4.78 is 17.1. The van der Waals surface area contributed by atoms with E-state index in [1.54, 1.807) is 0 Å². The molecular weight excluding hydrogens is 318 g/mol. The maximum absolute atomic E-state index is 5.94. The van der Waals surface area contributed by atoms with E-state index in [0.29, 0.717) is 24.8 Å². The summed E-state index contributed by atoms with van der Waals surface area (Å²) in [6.07, 6.45) is 2.34. The zero-order chi connectivity index (χ0) is 17.2. The van der Waals surface area contributed by atoms with Crippen LogP contribution in [0.1, 0.15) is 52.8 Å². The zero-order valence-electron chi connectivity index (χ0n) is 14.4. The predicted octanol–water partition coefficient (Wildman–Crippen LogP) is 3.70. The second kappa shape index (κ2) is 6.80. The van der Waals surface area contributed by atoms with Crippen molar-refractivity contribution in [2.45, 2.75) is 45.1 Å². The number of aryl methyl sites for hydroxylation is 3. The van der Waals surface area contributed by atoms with Crippen molar-refractivity contribution in [3.05, 3.63) is 64.7 Å². The molecule has 4 rings (SSSR count). The first-order chi connectivity index (χ1) is 12.2. The van der Waals surface area contributed by atoms with E-state index in [2.05, 4.69) is 27.5 Å². The second-order valence-electron chi connectivity index (χ2n) is 6.43. The fourth-order valence-electron chi connectivity index (χ4n) is 3.42. The summed E-state index contributed by atoms with van der Waals surface area (Å²) in [6.45, 7) is 4.58. The summed E-state index contributed by atoms with van der Waals surface area (Å²) >= 11 is 0. The summed E-state index contributed by atoms with van der Waals surface area (Å²) in [4.78, 5) is 0. The van der Waals surface area contributed by atoms with E-state index < -0.39 is 0 Å². The third-order valence-electron chi connectivity index (χ3n) is 4.79. The van der Waals surface area contributed by atoms with E-state index in [-0.39, 0.29) is 12.0 Å². The first-order valence-corrected chi connectivity index (χ1v) is 8.63. The van der Waals surface area contributed by atoms with Gasteiger partial charge in [0.2, 0.25) is 11.8 Å². The third kappa shape index (κ3) is 3.22. The van der Waals surface area contributed by atoms with Crippen molar-refractivity contribution in [3.8, 4) is 0 Å². The maximum Gasteiger partial charge on any atom is 0.222 e. The van der Waals surface area contributed by atoms with E-state index in [4.69, 9.17) is 13.7 Å². The molecule has 6 nitrogen and oxygen atoms in total. The smallest absolute Gasteiger partial charge is 0.222 e. The van der Waals surface area contributed by atoms with Crippen LogP contribution >= 0.6 is 0 Å². The summed E-state index contributed by atoms with van der Waals surface area (Å²) in [5.74, 6) is 2.28. The highest BCUT2D eigenvalue weighted by Crippen LogP contribution is 2.41. The number of aromatic nitrogens is 3. The summed E-state index contributed by atoms with van der Waals surface area (Å²) in [6, 6.07) is 10.2. The Kier molecular flexibility index (Phi) is 4.36. The van der Waals surface area contributed by atoms with Gasteiger partial charge in [0.05, 0.1) is 17.7 Å². The van der Waals surface area contributed by atoms with E-state index in [1.807, 2.05) is 32.0 Å². The number of rotatable bonds is 5. The molecular formula is C19H21N3O3. The highest BCUT2D eigenvalue weighted by atomic mass is 16.5. The molecule has 1 fully saturated rings. The Morgan fingerprint density at radius 1 is 1.08 bits per heavy atom. The topological polar surface area (TPSA) is 74.2 Å². The Morgan fingerprint density at radius 3 is 2.68 bits per heavy atom. The van der Waals surface area contributed by atoms with Gasteiger partial charge in [-0.3, -0.25) is 0 Å². The van der Waals surface area contributed by atoms with Crippen molar-refractivity contribution >= 4 is 0 Å². The number of hydrogen-bond acceptors (Lipinski definition) is 6. The Balaban J connectivity index is 1.47. The van der Waals surface area contributed by atoms with E-state index >= 15 is 0 Å². The molecule has 1 saturated heterocycles. The molecule has 0 spiro atoms. The van der Waals surface area contributed by atoms with Gasteiger partial charge in [0.25, 0.3) is 0 Å². The van der Waals surface area contributed by atoms with E-state index in [9.17, 15) is 0 Å². The normalized spacial score (nSPS) is 20.2.